The quantitative estimate of drug-likeness (QED) is 0.156. The molecule has 0 atom stereocenters. The Bertz CT molecular complexity index is 1130. The number of hydrogen-bond donors (Lipinski definition) is 1. The number of benzene rings is 2. The summed E-state index contributed by atoms with van der Waals surface area (Å²) in [7, 11) is 0. The van der Waals surface area contributed by atoms with E-state index in [2.05, 4.69) is 21.9 Å². The second-order valence-corrected chi connectivity index (χ2v) is 8.52. The smallest absolute Gasteiger partial charge is 0.449 e. The number of carbonyl (C=O) groups is 1. The van der Waals surface area contributed by atoms with Crippen LogP contribution in [0.3, 0.4) is 0 Å². The highest BCUT2D eigenvalue weighted by molar-refractivity contribution is 6.00. The molecule has 0 unspecified atom stereocenters. The number of nitrogens with zero attached hydrogens (tertiary/aromatic N) is 1. The van der Waals surface area contributed by atoms with E-state index in [1.165, 1.54) is 32.1 Å². The molecule has 0 saturated carbocycles. The zero-order valence-corrected chi connectivity index (χ0v) is 20.5. The molecule has 0 saturated heterocycles. The van der Waals surface area contributed by atoms with E-state index in [-0.39, 0.29) is 0 Å². The monoisotopic (exact) mass is 500 g/mol. The highest BCUT2D eigenvalue weighted by atomic mass is 19.4. The molecule has 0 aliphatic carbocycles. The Hall–Kier alpha value is -3.55. The highest BCUT2D eigenvalue weighted by Crippen LogP contribution is 2.30. The summed E-state index contributed by atoms with van der Waals surface area (Å²) in [6, 6.07) is 17.2. The maximum Gasteiger partial charge on any atom is 0.449 e. The van der Waals surface area contributed by atoms with Gasteiger partial charge in [-0.25, -0.2) is 5.43 Å². The van der Waals surface area contributed by atoms with Crippen LogP contribution in [-0.2, 0) is 6.18 Å². The number of halogens is 3. The van der Waals surface area contributed by atoms with E-state index >= 15 is 0 Å². The van der Waals surface area contributed by atoms with Gasteiger partial charge in [-0.3, -0.25) is 4.79 Å². The summed E-state index contributed by atoms with van der Waals surface area (Å²) in [4.78, 5) is 12.0. The predicted molar refractivity (Wildman–Crippen MR) is 134 cm³/mol. The van der Waals surface area contributed by atoms with Crippen LogP contribution in [0.25, 0.3) is 11.1 Å². The number of unbranched alkanes of at least 4 members (excludes halogenated alkanes) is 5. The first-order chi connectivity index (χ1) is 17.3. The van der Waals surface area contributed by atoms with E-state index in [4.69, 9.17) is 4.74 Å². The molecule has 1 aromatic heterocycles. The largest absolute Gasteiger partial charge is 0.494 e. The van der Waals surface area contributed by atoms with Crippen molar-refractivity contribution in [2.45, 2.75) is 58.5 Å². The molecular formula is C28H31F3N2O3. The van der Waals surface area contributed by atoms with Crippen LogP contribution in [0.5, 0.6) is 5.75 Å². The molecule has 3 aromatic rings. The zero-order valence-electron chi connectivity index (χ0n) is 20.5. The number of carbonyl (C=O) groups excluding carboxylic acids is 1. The number of ether oxygens (including phenoxy) is 1. The fourth-order valence-corrected chi connectivity index (χ4v) is 3.59. The Morgan fingerprint density at radius 1 is 0.889 bits per heavy atom. The minimum Gasteiger partial charge on any atom is -0.494 e. The average Bonchev–Trinajstić information content (AvgIpc) is 3.38. The summed E-state index contributed by atoms with van der Waals surface area (Å²) in [5.74, 6) is -1.71. The number of furan rings is 1. The van der Waals surface area contributed by atoms with Crippen LogP contribution < -0.4 is 10.2 Å². The Morgan fingerprint density at radius 3 is 2.11 bits per heavy atom. The van der Waals surface area contributed by atoms with Gasteiger partial charge >= 0.3 is 12.1 Å². The number of alkyl halides is 3. The molecule has 2 aromatic carbocycles. The summed E-state index contributed by atoms with van der Waals surface area (Å²) in [6.45, 7) is 4.62. The van der Waals surface area contributed by atoms with Crippen LogP contribution in [0, 0.1) is 0 Å². The van der Waals surface area contributed by atoms with Gasteiger partial charge in [0.15, 0.2) is 5.76 Å². The van der Waals surface area contributed by atoms with Gasteiger partial charge < -0.3 is 9.15 Å². The lowest BCUT2D eigenvalue weighted by atomic mass is 10.0. The van der Waals surface area contributed by atoms with Crippen LogP contribution in [-0.4, -0.2) is 18.2 Å². The molecule has 0 aliphatic rings. The fourth-order valence-electron chi connectivity index (χ4n) is 3.59. The molecule has 0 aliphatic heterocycles. The molecule has 1 amide bonds. The van der Waals surface area contributed by atoms with Crippen molar-refractivity contribution in [2.24, 2.45) is 5.10 Å². The fraction of sp³-hybridized carbons (Fsp3) is 0.357. The molecule has 192 valence electrons. The SMILES string of the molecule is CCCCCCCCOc1ccc(-c2ccc(/C(C)=N\NC(=O)c3ccc(C(F)(F)F)o3)cc2)cc1. The number of amides is 1. The minimum atomic E-state index is -4.65. The maximum absolute atomic E-state index is 12.6. The van der Waals surface area contributed by atoms with Gasteiger partial charge in [-0.05, 0) is 54.3 Å². The Morgan fingerprint density at radius 2 is 1.50 bits per heavy atom. The highest BCUT2D eigenvalue weighted by Gasteiger charge is 2.35. The molecule has 0 spiro atoms. The summed E-state index contributed by atoms with van der Waals surface area (Å²) < 4.78 is 48.3. The lowest BCUT2D eigenvalue weighted by Gasteiger charge is -2.08. The third-order valence-electron chi connectivity index (χ3n) is 5.69. The van der Waals surface area contributed by atoms with Crippen LogP contribution in [0.15, 0.2) is 70.2 Å². The Kier molecular flexibility index (Phi) is 9.73. The second-order valence-electron chi connectivity index (χ2n) is 8.52. The molecular weight excluding hydrogens is 469 g/mol. The molecule has 1 heterocycles. The van der Waals surface area contributed by atoms with Crippen LogP contribution in [0.1, 0.15) is 74.3 Å². The van der Waals surface area contributed by atoms with Crippen LogP contribution in [0.4, 0.5) is 13.2 Å². The minimum absolute atomic E-state index is 0.464. The van der Waals surface area contributed by atoms with Crippen molar-refractivity contribution in [3.63, 3.8) is 0 Å². The molecule has 0 fully saturated rings. The number of hydrogen-bond acceptors (Lipinski definition) is 4. The third-order valence-corrected chi connectivity index (χ3v) is 5.69. The number of hydrazone groups is 1. The van der Waals surface area contributed by atoms with Crippen LogP contribution in [0.2, 0.25) is 0 Å². The van der Waals surface area contributed by atoms with Crippen molar-refractivity contribution >= 4 is 11.6 Å². The van der Waals surface area contributed by atoms with Crippen molar-refractivity contribution < 1.29 is 27.1 Å². The van der Waals surface area contributed by atoms with Crippen molar-refractivity contribution in [1.82, 2.24) is 5.43 Å². The van der Waals surface area contributed by atoms with Crippen molar-refractivity contribution in [3.8, 4) is 16.9 Å². The molecule has 5 nitrogen and oxygen atoms in total. The number of nitrogens with one attached hydrogen (secondary N) is 1. The summed E-state index contributed by atoms with van der Waals surface area (Å²) in [6.07, 6.45) is 2.70. The van der Waals surface area contributed by atoms with E-state index in [1.807, 2.05) is 48.5 Å². The van der Waals surface area contributed by atoms with Crippen LogP contribution >= 0.6 is 0 Å². The molecule has 3 rings (SSSR count). The number of rotatable bonds is 12. The van der Waals surface area contributed by atoms with Gasteiger partial charge in [-0.15, -0.1) is 0 Å². The lowest BCUT2D eigenvalue weighted by Crippen LogP contribution is -2.18. The normalized spacial score (nSPS) is 12.0. The first kappa shape index (κ1) is 27.0. The van der Waals surface area contributed by atoms with E-state index in [1.54, 1.807) is 6.92 Å². The second kappa shape index (κ2) is 13.0. The average molecular weight is 501 g/mol. The molecule has 36 heavy (non-hydrogen) atoms. The standard InChI is InChI=1S/C28H31F3N2O3/c1-3-4-5-6-7-8-19-35-24-15-13-23(14-16-24)22-11-9-21(10-12-22)20(2)32-33-27(34)25-17-18-26(36-25)28(29,30)31/h9-18H,3-8,19H2,1-2H3,(H,33,34)/b32-20-. The zero-order chi connectivity index (χ0) is 26.0. The van der Waals surface area contributed by atoms with E-state index in [0.717, 1.165) is 41.5 Å². The Labute approximate surface area is 209 Å². The van der Waals surface area contributed by atoms with E-state index < -0.39 is 23.6 Å². The molecule has 0 radical (unpaired) electrons. The first-order valence-corrected chi connectivity index (χ1v) is 12.1. The summed E-state index contributed by atoms with van der Waals surface area (Å²) in [5, 5.41) is 3.97. The van der Waals surface area contributed by atoms with Gasteiger partial charge in [-0.1, -0.05) is 75.4 Å². The maximum atomic E-state index is 12.6. The van der Waals surface area contributed by atoms with Gasteiger partial charge in [0.05, 0.1) is 12.3 Å². The third kappa shape index (κ3) is 8.00. The lowest BCUT2D eigenvalue weighted by molar-refractivity contribution is -0.153. The van der Waals surface area contributed by atoms with Gasteiger partial charge in [0.1, 0.15) is 5.75 Å². The van der Waals surface area contributed by atoms with Crippen molar-refractivity contribution in [2.75, 3.05) is 6.61 Å². The summed E-state index contributed by atoms with van der Waals surface area (Å²) >= 11 is 0. The van der Waals surface area contributed by atoms with Gasteiger partial charge in [0, 0.05) is 0 Å². The Balaban J connectivity index is 1.50. The van der Waals surface area contributed by atoms with Gasteiger partial charge in [0.2, 0.25) is 5.76 Å². The van der Waals surface area contributed by atoms with Gasteiger partial charge in [0.25, 0.3) is 0 Å². The van der Waals surface area contributed by atoms with Crippen molar-refractivity contribution in [1.29, 1.82) is 0 Å². The topological polar surface area (TPSA) is 63.8 Å². The molecule has 0 bridgehead atoms. The molecule has 1 N–H and O–H groups in total. The van der Waals surface area contributed by atoms with E-state index in [0.29, 0.717) is 11.8 Å². The summed E-state index contributed by atoms with van der Waals surface area (Å²) in [5.41, 5.74) is 5.52. The van der Waals surface area contributed by atoms with Gasteiger partial charge in [-0.2, -0.15) is 18.3 Å². The first-order valence-electron chi connectivity index (χ1n) is 12.1. The predicted octanol–water partition coefficient (Wildman–Crippen LogP) is 7.86. The van der Waals surface area contributed by atoms with Crippen molar-refractivity contribution in [3.05, 3.63) is 77.7 Å². The molecule has 8 heteroatoms. The van der Waals surface area contributed by atoms with E-state index in [9.17, 15) is 18.0 Å².